The fraction of sp³-hybridized carbons (Fsp3) is 0.600. The number of hydrogen-bond acceptors (Lipinski definition) is 2. The van der Waals surface area contributed by atoms with Crippen LogP contribution >= 0.6 is 11.8 Å². The first kappa shape index (κ1) is 11.6. The zero-order valence-corrected chi connectivity index (χ0v) is 11.3. The number of fused-ring (bicyclic) bond motifs is 1. The Morgan fingerprint density at radius 1 is 1.35 bits per heavy atom. The Morgan fingerprint density at radius 3 is 3.12 bits per heavy atom. The number of benzene rings is 1. The SMILES string of the molecule is CC1CCNC(CC2CSc3ccccc32)C1. The average Bonchev–Trinajstić information content (AvgIpc) is 2.73. The number of nitrogens with one attached hydrogen (secondary N) is 1. The summed E-state index contributed by atoms with van der Waals surface area (Å²) in [5.74, 6) is 2.97. The molecule has 2 aliphatic heterocycles. The predicted molar refractivity (Wildman–Crippen MR) is 74.7 cm³/mol. The maximum atomic E-state index is 3.70. The van der Waals surface area contributed by atoms with E-state index < -0.39 is 0 Å². The topological polar surface area (TPSA) is 12.0 Å². The summed E-state index contributed by atoms with van der Waals surface area (Å²) < 4.78 is 0. The summed E-state index contributed by atoms with van der Waals surface area (Å²) in [5, 5.41) is 3.70. The highest BCUT2D eigenvalue weighted by atomic mass is 32.2. The van der Waals surface area contributed by atoms with Crippen molar-refractivity contribution in [3.8, 4) is 0 Å². The molecule has 2 heterocycles. The molecule has 3 rings (SSSR count). The van der Waals surface area contributed by atoms with Crippen LogP contribution in [0.1, 0.15) is 37.7 Å². The van der Waals surface area contributed by atoms with Crippen LogP contribution in [0.15, 0.2) is 29.2 Å². The van der Waals surface area contributed by atoms with Crippen LogP contribution in [0.5, 0.6) is 0 Å². The van der Waals surface area contributed by atoms with E-state index in [1.54, 1.807) is 5.56 Å². The van der Waals surface area contributed by atoms with Gasteiger partial charge in [-0.2, -0.15) is 0 Å². The third kappa shape index (κ3) is 2.53. The van der Waals surface area contributed by atoms with Crippen LogP contribution in [0, 0.1) is 5.92 Å². The fourth-order valence-corrected chi connectivity index (χ4v) is 4.44. The van der Waals surface area contributed by atoms with Crippen molar-refractivity contribution in [2.45, 2.75) is 43.0 Å². The van der Waals surface area contributed by atoms with Gasteiger partial charge in [-0.3, -0.25) is 0 Å². The Labute approximate surface area is 108 Å². The Bertz CT molecular complexity index is 390. The van der Waals surface area contributed by atoms with Crippen LogP contribution in [-0.4, -0.2) is 18.3 Å². The van der Waals surface area contributed by atoms with E-state index in [1.807, 2.05) is 11.8 Å². The van der Waals surface area contributed by atoms with E-state index in [-0.39, 0.29) is 0 Å². The van der Waals surface area contributed by atoms with Gasteiger partial charge in [0.05, 0.1) is 0 Å². The zero-order valence-electron chi connectivity index (χ0n) is 10.5. The number of hydrogen-bond donors (Lipinski definition) is 1. The molecule has 0 aliphatic carbocycles. The van der Waals surface area contributed by atoms with Gasteiger partial charge in [-0.25, -0.2) is 0 Å². The van der Waals surface area contributed by atoms with Crippen molar-refractivity contribution in [2.24, 2.45) is 5.92 Å². The zero-order chi connectivity index (χ0) is 11.7. The third-order valence-corrected chi connectivity index (χ3v) is 5.38. The minimum atomic E-state index is 0.746. The molecule has 92 valence electrons. The quantitative estimate of drug-likeness (QED) is 0.856. The maximum absolute atomic E-state index is 3.70. The van der Waals surface area contributed by atoms with Gasteiger partial charge in [0.1, 0.15) is 0 Å². The lowest BCUT2D eigenvalue weighted by Gasteiger charge is -2.30. The average molecular weight is 247 g/mol. The molecule has 3 atom stereocenters. The van der Waals surface area contributed by atoms with Gasteiger partial charge in [-0.1, -0.05) is 25.1 Å². The summed E-state index contributed by atoms with van der Waals surface area (Å²) in [6, 6.07) is 9.70. The molecule has 3 unspecified atom stereocenters. The number of rotatable bonds is 2. The van der Waals surface area contributed by atoms with Crippen molar-refractivity contribution in [3.63, 3.8) is 0 Å². The highest BCUT2D eigenvalue weighted by molar-refractivity contribution is 7.99. The van der Waals surface area contributed by atoms with Crippen molar-refractivity contribution in [2.75, 3.05) is 12.3 Å². The van der Waals surface area contributed by atoms with Crippen LogP contribution in [0.4, 0.5) is 0 Å². The molecule has 1 aromatic rings. The fourth-order valence-electron chi connectivity index (χ4n) is 3.17. The molecular formula is C15H21NS. The van der Waals surface area contributed by atoms with Crippen LogP contribution in [0.25, 0.3) is 0 Å². The maximum Gasteiger partial charge on any atom is 0.0107 e. The summed E-state index contributed by atoms with van der Waals surface area (Å²) in [6.07, 6.45) is 4.05. The number of thioether (sulfide) groups is 1. The van der Waals surface area contributed by atoms with Crippen molar-refractivity contribution in [3.05, 3.63) is 29.8 Å². The van der Waals surface area contributed by atoms with Gasteiger partial charge < -0.3 is 5.32 Å². The predicted octanol–water partition coefficient (Wildman–Crippen LogP) is 3.65. The van der Waals surface area contributed by atoms with E-state index in [9.17, 15) is 0 Å². The van der Waals surface area contributed by atoms with Crippen molar-refractivity contribution >= 4 is 11.8 Å². The summed E-state index contributed by atoms with van der Waals surface area (Å²) in [5.41, 5.74) is 1.59. The standard InChI is InChI=1S/C15H21NS/c1-11-6-7-16-13(8-11)9-12-10-17-15-5-3-2-4-14(12)15/h2-5,11-13,16H,6-10H2,1H3. The first-order valence-electron chi connectivity index (χ1n) is 6.78. The van der Waals surface area contributed by atoms with Crippen LogP contribution in [0.3, 0.4) is 0 Å². The molecule has 0 amide bonds. The molecule has 17 heavy (non-hydrogen) atoms. The second-order valence-electron chi connectivity index (χ2n) is 5.56. The van der Waals surface area contributed by atoms with Gasteiger partial charge in [0.25, 0.3) is 0 Å². The van der Waals surface area contributed by atoms with Crippen molar-refractivity contribution in [1.82, 2.24) is 5.32 Å². The van der Waals surface area contributed by atoms with Gasteiger partial charge in [0, 0.05) is 16.7 Å². The monoisotopic (exact) mass is 247 g/mol. The van der Waals surface area contributed by atoms with E-state index >= 15 is 0 Å². The molecule has 0 bridgehead atoms. The smallest absolute Gasteiger partial charge is 0.0107 e. The molecule has 0 saturated carbocycles. The molecule has 0 radical (unpaired) electrons. The minimum Gasteiger partial charge on any atom is -0.314 e. The molecule has 1 aromatic carbocycles. The molecule has 0 spiro atoms. The largest absolute Gasteiger partial charge is 0.314 e. The lowest BCUT2D eigenvalue weighted by Crippen LogP contribution is -2.38. The van der Waals surface area contributed by atoms with Gasteiger partial charge in [-0.15, -0.1) is 11.8 Å². The molecular weight excluding hydrogens is 226 g/mol. The molecule has 2 aliphatic rings. The summed E-state index contributed by atoms with van der Waals surface area (Å²) in [4.78, 5) is 1.52. The Morgan fingerprint density at radius 2 is 2.24 bits per heavy atom. The second-order valence-corrected chi connectivity index (χ2v) is 6.62. The van der Waals surface area contributed by atoms with Gasteiger partial charge in [-0.05, 0) is 49.3 Å². The number of piperidine rings is 1. The Kier molecular flexibility index (Phi) is 3.44. The van der Waals surface area contributed by atoms with Gasteiger partial charge >= 0.3 is 0 Å². The lowest BCUT2D eigenvalue weighted by atomic mass is 9.86. The highest BCUT2D eigenvalue weighted by Gasteiger charge is 2.27. The van der Waals surface area contributed by atoms with Crippen molar-refractivity contribution < 1.29 is 0 Å². The van der Waals surface area contributed by atoms with Gasteiger partial charge in [0.15, 0.2) is 0 Å². The molecule has 0 aromatic heterocycles. The van der Waals surface area contributed by atoms with E-state index in [0.29, 0.717) is 0 Å². The van der Waals surface area contributed by atoms with E-state index in [2.05, 4.69) is 36.5 Å². The molecule has 1 N–H and O–H groups in total. The first-order chi connectivity index (χ1) is 8.33. The Balaban J connectivity index is 1.67. The van der Waals surface area contributed by atoms with Crippen LogP contribution < -0.4 is 5.32 Å². The lowest BCUT2D eigenvalue weighted by molar-refractivity contribution is 0.299. The van der Waals surface area contributed by atoms with Crippen LogP contribution in [-0.2, 0) is 0 Å². The van der Waals surface area contributed by atoms with E-state index in [1.165, 1.54) is 36.5 Å². The van der Waals surface area contributed by atoms with E-state index in [0.717, 1.165) is 17.9 Å². The molecule has 2 heteroatoms. The van der Waals surface area contributed by atoms with E-state index in [4.69, 9.17) is 0 Å². The van der Waals surface area contributed by atoms with Crippen LogP contribution in [0.2, 0.25) is 0 Å². The third-order valence-electron chi connectivity index (χ3n) is 4.12. The first-order valence-corrected chi connectivity index (χ1v) is 7.76. The summed E-state index contributed by atoms with van der Waals surface area (Å²) in [7, 11) is 0. The normalized spacial score (nSPS) is 32.4. The molecule has 1 saturated heterocycles. The minimum absolute atomic E-state index is 0.746. The summed E-state index contributed by atoms with van der Waals surface area (Å²) >= 11 is 2.04. The van der Waals surface area contributed by atoms with Crippen molar-refractivity contribution in [1.29, 1.82) is 0 Å². The summed E-state index contributed by atoms with van der Waals surface area (Å²) in [6.45, 7) is 3.61. The Hall–Kier alpha value is -0.470. The van der Waals surface area contributed by atoms with Gasteiger partial charge in [0.2, 0.25) is 0 Å². The molecule has 1 nitrogen and oxygen atoms in total. The highest BCUT2D eigenvalue weighted by Crippen LogP contribution is 2.42. The second kappa shape index (κ2) is 5.03. The molecule has 1 fully saturated rings.